The number of rotatable bonds is 1. The predicted molar refractivity (Wildman–Crippen MR) is 30.6 cm³/mol. The lowest BCUT2D eigenvalue weighted by molar-refractivity contribution is 0.681. The fourth-order valence-corrected chi connectivity index (χ4v) is 0.744. The van der Waals surface area contributed by atoms with Crippen molar-refractivity contribution in [3.8, 4) is 0 Å². The second-order valence-corrected chi connectivity index (χ2v) is 1.80. The first-order valence-corrected chi connectivity index (χ1v) is 2.65. The van der Waals surface area contributed by atoms with Gasteiger partial charge in [0.15, 0.2) is 0 Å². The Labute approximate surface area is 43.4 Å². The van der Waals surface area contributed by atoms with Crippen LogP contribution in [0.2, 0.25) is 0 Å². The molecule has 1 atom stereocenters. The van der Waals surface area contributed by atoms with Gasteiger partial charge in [-0.1, -0.05) is 0 Å². The lowest BCUT2D eigenvalue weighted by Crippen LogP contribution is -2.14. The number of aliphatic imine (C=N–C) groups is 1. The molecule has 1 aliphatic heterocycles. The summed E-state index contributed by atoms with van der Waals surface area (Å²) in [6.07, 6.45) is 4.25. The van der Waals surface area contributed by atoms with Crippen LogP contribution >= 0.6 is 0 Å². The largest absolute Gasteiger partial charge is 0.328 e. The molecule has 0 saturated heterocycles. The zero-order valence-electron chi connectivity index (χ0n) is 4.30. The van der Waals surface area contributed by atoms with Crippen molar-refractivity contribution >= 4 is 6.21 Å². The van der Waals surface area contributed by atoms with Crippen molar-refractivity contribution in [1.82, 2.24) is 0 Å². The van der Waals surface area contributed by atoms with Crippen molar-refractivity contribution in [2.24, 2.45) is 10.7 Å². The molecule has 0 radical (unpaired) electrons. The summed E-state index contributed by atoms with van der Waals surface area (Å²) < 4.78 is 0. The molecule has 2 nitrogen and oxygen atoms in total. The zero-order chi connectivity index (χ0) is 5.11. The summed E-state index contributed by atoms with van der Waals surface area (Å²) in [7, 11) is 0. The van der Waals surface area contributed by atoms with E-state index in [-0.39, 0.29) is 0 Å². The van der Waals surface area contributed by atoms with Crippen LogP contribution in [0.15, 0.2) is 4.99 Å². The van der Waals surface area contributed by atoms with Gasteiger partial charge in [0.1, 0.15) is 0 Å². The number of nitrogens with two attached hydrogens (primary N) is 1. The summed E-state index contributed by atoms with van der Waals surface area (Å²) in [4.78, 5) is 4.10. The first-order valence-electron chi connectivity index (χ1n) is 2.65. The maximum absolute atomic E-state index is 5.32. The topological polar surface area (TPSA) is 38.4 Å². The van der Waals surface area contributed by atoms with E-state index in [2.05, 4.69) is 4.99 Å². The number of hydrogen-bond acceptors (Lipinski definition) is 2. The molecule has 0 amide bonds. The molecular weight excluding hydrogens is 88.1 g/mol. The second kappa shape index (κ2) is 2.07. The monoisotopic (exact) mass is 98.1 g/mol. The van der Waals surface area contributed by atoms with Gasteiger partial charge in [0.2, 0.25) is 0 Å². The fraction of sp³-hybridized carbons (Fsp3) is 0.800. The van der Waals surface area contributed by atoms with Crippen LogP contribution in [0, 0.1) is 0 Å². The van der Waals surface area contributed by atoms with Gasteiger partial charge in [-0.2, -0.15) is 0 Å². The standard InChI is InChI=1S/C5H10N2/c6-4-5-2-1-3-7-5/h3,5H,1-2,4,6H2. The highest BCUT2D eigenvalue weighted by atomic mass is 14.8. The van der Waals surface area contributed by atoms with Crippen LogP contribution in [0.3, 0.4) is 0 Å². The summed E-state index contributed by atoms with van der Waals surface area (Å²) in [6.45, 7) is 0.719. The Morgan fingerprint density at radius 3 is 3.00 bits per heavy atom. The average Bonchev–Trinajstić information content (AvgIpc) is 2.14. The van der Waals surface area contributed by atoms with Gasteiger partial charge >= 0.3 is 0 Å². The molecule has 1 heterocycles. The van der Waals surface area contributed by atoms with Gasteiger partial charge in [-0.25, -0.2) is 0 Å². The van der Waals surface area contributed by atoms with Crippen LogP contribution in [0.25, 0.3) is 0 Å². The lowest BCUT2D eigenvalue weighted by Gasteiger charge is -1.97. The Morgan fingerprint density at radius 1 is 1.86 bits per heavy atom. The van der Waals surface area contributed by atoms with Gasteiger partial charge in [-0.15, -0.1) is 0 Å². The van der Waals surface area contributed by atoms with E-state index in [1.165, 1.54) is 0 Å². The summed E-state index contributed by atoms with van der Waals surface area (Å²) in [5.41, 5.74) is 5.32. The van der Waals surface area contributed by atoms with Crippen molar-refractivity contribution in [2.45, 2.75) is 18.9 Å². The first kappa shape index (κ1) is 4.78. The smallest absolute Gasteiger partial charge is 0.0621 e. The predicted octanol–water partition coefficient (Wildman–Crippen LogP) is 0.178. The molecule has 2 N–H and O–H groups in total. The van der Waals surface area contributed by atoms with Crippen molar-refractivity contribution in [1.29, 1.82) is 0 Å². The molecule has 0 spiro atoms. The molecule has 0 aromatic carbocycles. The quantitative estimate of drug-likeness (QED) is 0.499. The normalized spacial score (nSPS) is 29.0. The van der Waals surface area contributed by atoms with E-state index in [1.54, 1.807) is 0 Å². The molecule has 7 heavy (non-hydrogen) atoms. The third-order valence-corrected chi connectivity index (χ3v) is 1.22. The molecule has 0 aromatic rings. The van der Waals surface area contributed by atoms with Crippen LogP contribution < -0.4 is 5.73 Å². The Bertz CT molecular complexity index is 78.1. The minimum Gasteiger partial charge on any atom is -0.328 e. The minimum atomic E-state index is 0.444. The Balaban J connectivity index is 2.28. The van der Waals surface area contributed by atoms with Gasteiger partial charge in [0.25, 0.3) is 0 Å². The minimum absolute atomic E-state index is 0.444. The van der Waals surface area contributed by atoms with E-state index in [0.717, 1.165) is 19.4 Å². The van der Waals surface area contributed by atoms with Crippen LogP contribution in [-0.4, -0.2) is 18.8 Å². The molecular formula is C5H10N2. The van der Waals surface area contributed by atoms with Crippen molar-refractivity contribution in [2.75, 3.05) is 6.54 Å². The average molecular weight is 98.1 g/mol. The van der Waals surface area contributed by atoms with E-state index in [4.69, 9.17) is 5.73 Å². The molecule has 0 saturated carbocycles. The van der Waals surface area contributed by atoms with Gasteiger partial charge in [0.05, 0.1) is 6.04 Å². The van der Waals surface area contributed by atoms with Gasteiger partial charge < -0.3 is 5.73 Å². The van der Waals surface area contributed by atoms with E-state index in [1.807, 2.05) is 6.21 Å². The lowest BCUT2D eigenvalue weighted by atomic mass is 10.2. The highest BCUT2D eigenvalue weighted by molar-refractivity contribution is 5.59. The fourth-order valence-electron chi connectivity index (χ4n) is 0.744. The maximum Gasteiger partial charge on any atom is 0.0621 e. The first-order chi connectivity index (χ1) is 3.43. The van der Waals surface area contributed by atoms with E-state index < -0.39 is 0 Å². The van der Waals surface area contributed by atoms with Crippen LogP contribution in [-0.2, 0) is 0 Å². The number of nitrogens with zero attached hydrogens (tertiary/aromatic N) is 1. The molecule has 0 aromatic heterocycles. The van der Waals surface area contributed by atoms with E-state index >= 15 is 0 Å². The van der Waals surface area contributed by atoms with Crippen molar-refractivity contribution in [3.63, 3.8) is 0 Å². The second-order valence-electron chi connectivity index (χ2n) is 1.80. The molecule has 0 aliphatic carbocycles. The Kier molecular flexibility index (Phi) is 1.42. The molecule has 40 valence electrons. The molecule has 2 heteroatoms. The Hall–Kier alpha value is -0.370. The molecule has 1 rings (SSSR count). The molecule has 1 aliphatic rings. The SMILES string of the molecule is NCC1CCC=N1. The highest BCUT2D eigenvalue weighted by Gasteiger charge is 2.05. The van der Waals surface area contributed by atoms with Crippen LogP contribution in [0.5, 0.6) is 0 Å². The Morgan fingerprint density at radius 2 is 2.71 bits per heavy atom. The van der Waals surface area contributed by atoms with E-state index in [9.17, 15) is 0 Å². The third-order valence-electron chi connectivity index (χ3n) is 1.22. The van der Waals surface area contributed by atoms with Gasteiger partial charge in [-0.3, -0.25) is 4.99 Å². The summed E-state index contributed by atoms with van der Waals surface area (Å²) in [5.74, 6) is 0. The molecule has 0 bridgehead atoms. The number of hydrogen-bond donors (Lipinski definition) is 1. The molecule has 0 fully saturated rings. The van der Waals surface area contributed by atoms with Crippen molar-refractivity contribution in [3.05, 3.63) is 0 Å². The van der Waals surface area contributed by atoms with Gasteiger partial charge in [0, 0.05) is 6.54 Å². The summed E-state index contributed by atoms with van der Waals surface area (Å²) in [6, 6.07) is 0.444. The highest BCUT2D eigenvalue weighted by Crippen LogP contribution is 2.04. The maximum atomic E-state index is 5.32. The van der Waals surface area contributed by atoms with Crippen molar-refractivity contribution < 1.29 is 0 Å². The summed E-state index contributed by atoms with van der Waals surface area (Å²) in [5, 5.41) is 0. The summed E-state index contributed by atoms with van der Waals surface area (Å²) >= 11 is 0. The van der Waals surface area contributed by atoms with Crippen LogP contribution in [0.4, 0.5) is 0 Å². The molecule has 1 unspecified atom stereocenters. The third kappa shape index (κ3) is 0.996. The zero-order valence-corrected chi connectivity index (χ0v) is 4.30. The van der Waals surface area contributed by atoms with Crippen LogP contribution in [0.1, 0.15) is 12.8 Å². The van der Waals surface area contributed by atoms with E-state index in [0.29, 0.717) is 6.04 Å². The van der Waals surface area contributed by atoms with Gasteiger partial charge in [-0.05, 0) is 19.1 Å².